The molecule has 142 valence electrons. The molecule has 4 aromatic rings. The van der Waals surface area contributed by atoms with Crippen LogP contribution in [0, 0.1) is 0 Å². The molecule has 0 spiro atoms. The van der Waals surface area contributed by atoms with Crippen molar-refractivity contribution in [3.63, 3.8) is 0 Å². The Labute approximate surface area is 168 Å². The van der Waals surface area contributed by atoms with Crippen LogP contribution >= 0.6 is 11.8 Å². The van der Waals surface area contributed by atoms with E-state index in [1.54, 1.807) is 18.0 Å². The Bertz CT molecular complexity index is 1030. The highest BCUT2D eigenvalue weighted by atomic mass is 32.2. The Hall–Kier alpha value is -2.83. The number of benzene rings is 1. The van der Waals surface area contributed by atoms with Crippen LogP contribution in [0.2, 0.25) is 0 Å². The number of rotatable bonds is 8. The summed E-state index contributed by atoms with van der Waals surface area (Å²) < 4.78 is 0. The van der Waals surface area contributed by atoms with Crippen LogP contribution in [0.3, 0.4) is 0 Å². The van der Waals surface area contributed by atoms with Crippen molar-refractivity contribution in [2.24, 2.45) is 0 Å². The van der Waals surface area contributed by atoms with Crippen molar-refractivity contribution >= 4 is 28.6 Å². The zero-order valence-corrected chi connectivity index (χ0v) is 16.2. The van der Waals surface area contributed by atoms with Crippen LogP contribution in [-0.2, 0) is 12.3 Å². The summed E-state index contributed by atoms with van der Waals surface area (Å²) in [7, 11) is 0. The third kappa shape index (κ3) is 4.35. The Kier molecular flexibility index (Phi) is 5.89. The van der Waals surface area contributed by atoms with Gasteiger partial charge in [0.25, 0.3) is 0 Å². The fourth-order valence-corrected chi connectivity index (χ4v) is 3.80. The molecule has 0 saturated heterocycles. The van der Waals surface area contributed by atoms with Gasteiger partial charge in [0.15, 0.2) is 0 Å². The van der Waals surface area contributed by atoms with Gasteiger partial charge in [-0.25, -0.2) is 4.98 Å². The van der Waals surface area contributed by atoms with Crippen molar-refractivity contribution in [2.75, 3.05) is 17.7 Å². The van der Waals surface area contributed by atoms with Crippen molar-refractivity contribution in [1.82, 2.24) is 15.0 Å². The number of thioether (sulfide) groups is 1. The highest BCUT2D eigenvalue weighted by Gasteiger charge is 2.09. The van der Waals surface area contributed by atoms with E-state index in [0.29, 0.717) is 6.54 Å². The van der Waals surface area contributed by atoms with E-state index in [2.05, 4.69) is 56.7 Å². The van der Waals surface area contributed by atoms with E-state index in [1.165, 1.54) is 5.56 Å². The maximum atomic E-state index is 8.92. The fourth-order valence-electron chi connectivity index (χ4n) is 3.10. The summed E-state index contributed by atoms with van der Waals surface area (Å²) in [4.78, 5) is 12.1. The first-order valence-corrected chi connectivity index (χ1v) is 10.4. The first-order chi connectivity index (χ1) is 13.8. The minimum atomic E-state index is 0.222. The molecule has 3 N–H and O–H groups in total. The molecule has 0 bridgehead atoms. The van der Waals surface area contributed by atoms with Gasteiger partial charge in [0.2, 0.25) is 0 Å². The topological polar surface area (TPSA) is 73.8 Å². The second-order valence-corrected chi connectivity index (χ2v) is 7.59. The average molecular weight is 391 g/mol. The van der Waals surface area contributed by atoms with E-state index in [1.807, 2.05) is 24.5 Å². The number of aliphatic hydroxyl groups excluding tert-OH is 1. The van der Waals surface area contributed by atoms with Gasteiger partial charge in [-0.1, -0.05) is 30.3 Å². The SMILES string of the molecule is OCCSCc1ccc(-c2cc(NCc3cccnc3)nc3[nH]ccc23)cc1. The quantitative estimate of drug-likeness (QED) is 0.387. The zero-order valence-electron chi connectivity index (χ0n) is 15.4. The number of aliphatic hydroxyl groups is 1. The summed E-state index contributed by atoms with van der Waals surface area (Å²) in [6.45, 7) is 0.896. The van der Waals surface area contributed by atoms with Crippen LogP contribution in [0.1, 0.15) is 11.1 Å². The van der Waals surface area contributed by atoms with Gasteiger partial charge in [-0.3, -0.25) is 4.98 Å². The predicted molar refractivity (Wildman–Crippen MR) is 116 cm³/mol. The van der Waals surface area contributed by atoms with Crippen molar-refractivity contribution in [3.8, 4) is 11.1 Å². The minimum Gasteiger partial charge on any atom is -0.396 e. The molecule has 0 aliphatic carbocycles. The molecular weight excluding hydrogens is 368 g/mol. The maximum Gasteiger partial charge on any atom is 0.140 e. The largest absolute Gasteiger partial charge is 0.396 e. The number of anilines is 1. The second-order valence-electron chi connectivity index (χ2n) is 6.48. The molecule has 6 heteroatoms. The zero-order chi connectivity index (χ0) is 19.2. The molecule has 0 radical (unpaired) electrons. The molecule has 0 atom stereocenters. The number of hydrogen-bond acceptors (Lipinski definition) is 5. The van der Waals surface area contributed by atoms with Gasteiger partial charge < -0.3 is 15.4 Å². The summed E-state index contributed by atoms with van der Waals surface area (Å²) >= 11 is 1.74. The van der Waals surface area contributed by atoms with E-state index in [0.717, 1.165) is 45.0 Å². The molecule has 4 rings (SSSR count). The third-order valence-corrected chi connectivity index (χ3v) is 5.50. The smallest absolute Gasteiger partial charge is 0.140 e. The number of aromatic amines is 1. The van der Waals surface area contributed by atoms with E-state index >= 15 is 0 Å². The molecule has 0 unspecified atom stereocenters. The highest BCUT2D eigenvalue weighted by molar-refractivity contribution is 7.98. The Morgan fingerprint density at radius 2 is 1.96 bits per heavy atom. The fraction of sp³-hybridized carbons (Fsp3) is 0.182. The summed E-state index contributed by atoms with van der Waals surface area (Å²) in [6.07, 6.45) is 5.55. The van der Waals surface area contributed by atoms with Crippen LogP contribution in [0.15, 0.2) is 67.1 Å². The first kappa shape index (κ1) is 18.5. The second kappa shape index (κ2) is 8.91. The van der Waals surface area contributed by atoms with Crippen molar-refractivity contribution < 1.29 is 5.11 Å². The lowest BCUT2D eigenvalue weighted by Crippen LogP contribution is -2.02. The molecule has 1 aromatic carbocycles. The lowest BCUT2D eigenvalue weighted by atomic mass is 10.0. The van der Waals surface area contributed by atoms with Gasteiger partial charge in [-0.2, -0.15) is 11.8 Å². The monoisotopic (exact) mass is 390 g/mol. The highest BCUT2D eigenvalue weighted by Crippen LogP contribution is 2.30. The van der Waals surface area contributed by atoms with Gasteiger partial charge in [-0.05, 0) is 40.5 Å². The van der Waals surface area contributed by atoms with Gasteiger partial charge in [0.1, 0.15) is 11.5 Å². The van der Waals surface area contributed by atoms with Crippen LogP contribution < -0.4 is 5.32 Å². The molecule has 0 fully saturated rings. The summed E-state index contributed by atoms with van der Waals surface area (Å²) in [5, 5.41) is 13.4. The van der Waals surface area contributed by atoms with Gasteiger partial charge in [0.05, 0.1) is 6.61 Å². The molecule has 28 heavy (non-hydrogen) atoms. The van der Waals surface area contributed by atoms with E-state index in [4.69, 9.17) is 5.11 Å². The van der Waals surface area contributed by atoms with Gasteiger partial charge in [0, 0.05) is 42.0 Å². The standard InChI is InChI=1S/C22H22N4OS/c27-10-11-28-15-16-3-5-18(6-4-16)20-12-21(26-22-19(20)7-9-24-22)25-14-17-2-1-8-23-13-17/h1-9,12-13,27H,10-11,14-15H2,(H2,24,25,26). The van der Waals surface area contributed by atoms with Crippen LogP contribution in [0.5, 0.6) is 0 Å². The van der Waals surface area contributed by atoms with Crippen molar-refractivity contribution in [1.29, 1.82) is 0 Å². The van der Waals surface area contributed by atoms with Gasteiger partial charge in [-0.15, -0.1) is 0 Å². The van der Waals surface area contributed by atoms with Crippen LogP contribution in [0.4, 0.5) is 5.82 Å². The number of hydrogen-bond donors (Lipinski definition) is 3. The molecule has 0 amide bonds. The van der Waals surface area contributed by atoms with E-state index < -0.39 is 0 Å². The summed E-state index contributed by atoms with van der Waals surface area (Å²) in [5.41, 5.74) is 5.55. The van der Waals surface area contributed by atoms with Gasteiger partial charge >= 0.3 is 0 Å². The van der Waals surface area contributed by atoms with Crippen molar-refractivity contribution in [3.05, 3.63) is 78.2 Å². The number of pyridine rings is 2. The van der Waals surface area contributed by atoms with E-state index in [-0.39, 0.29) is 6.61 Å². The number of fused-ring (bicyclic) bond motifs is 1. The van der Waals surface area contributed by atoms with Crippen LogP contribution in [-0.4, -0.2) is 32.4 Å². The normalized spacial score (nSPS) is 11.0. The Morgan fingerprint density at radius 1 is 1.07 bits per heavy atom. The number of H-pyrrole nitrogens is 1. The maximum absolute atomic E-state index is 8.92. The molecule has 3 aromatic heterocycles. The first-order valence-electron chi connectivity index (χ1n) is 9.22. The lowest BCUT2D eigenvalue weighted by molar-refractivity contribution is 0.322. The molecule has 3 heterocycles. The minimum absolute atomic E-state index is 0.222. The third-order valence-electron chi connectivity index (χ3n) is 4.49. The number of aromatic nitrogens is 3. The number of nitrogens with one attached hydrogen (secondary N) is 2. The van der Waals surface area contributed by atoms with E-state index in [9.17, 15) is 0 Å². The molecule has 0 aliphatic heterocycles. The van der Waals surface area contributed by atoms with Crippen molar-refractivity contribution in [2.45, 2.75) is 12.3 Å². The number of nitrogens with zero attached hydrogens (tertiary/aromatic N) is 2. The molecule has 0 saturated carbocycles. The average Bonchev–Trinajstić information content (AvgIpc) is 3.22. The lowest BCUT2D eigenvalue weighted by Gasteiger charge is -2.10. The Morgan fingerprint density at radius 3 is 2.75 bits per heavy atom. The molecule has 5 nitrogen and oxygen atoms in total. The summed E-state index contributed by atoms with van der Waals surface area (Å²) in [6, 6.07) is 16.8. The summed E-state index contributed by atoms with van der Waals surface area (Å²) in [5.74, 6) is 2.51. The predicted octanol–water partition coefficient (Wildman–Crippen LogP) is 4.46. The van der Waals surface area contributed by atoms with Crippen LogP contribution in [0.25, 0.3) is 22.2 Å². The molecule has 0 aliphatic rings. The molecular formula is C22H22N4OS. The Balaban J connectivity index is 1.58.